The quantitative estimate of drug-likeness (QED) is 0.587. The Bertz CT molecular complexity index is 569. The predicted molar refractivity (Wildman–Crippen MR) is 73.7 cm³/mol. The van der Waals surface area contributed by atoms with Gasteiger partial charge in [0.25, 0.3) is 0 Å². The Hall–Kier alpha value is -1.31. The molecule has 0 fully saturated rings. The van der Waals surface area contributed by atoms with Crippen LogP contribution in [0.15, 0.2) is 17.0 Å². The van der Waals surface area contributed by atoms with Crippen LogP contribution in [0.4, 0.5) is 22.0 Å². The zero-order valence-corrected chi connectivity index (χ0v) is 12.9. The van der Waals surface area contributed by atoms with Gasteiger partial charge in [-0.1, -0.05) is 19.9 Å². The van der Waals surface area contributed by atoms with Crippen LogP contribution < -0.4 is 0 Å². The van der Waals surface area contributed by atoms with Crippen molar-refractivity contribution in [3.63, 3.8) is 0 Å². The van der Waals surface area contributed by atoms with E-state index in [2.05, 4.69) is 0 Å². The molecule has 1 aromatic carbocycles. The molecule has 0 aromatic heterocycles. The van der Waals surface area contributed by atoms with E-state index in [1.807, 2.05) is 0 Å². The molecule has 0 aliphatic carbocycles. The fourth-order valence-electron chi connectivity index (χ4n) is 1.76. The average molecular weight is 342 g/mol. The second-order valence-corrected chi connectivity index (χ2v) is 6.28. The van der Waals surface area contributed by atoms with E-state index in [1.165, 1.54) is 6.92 Å². The Balaban J connectivity index is 3.58. The lowest BCUT2D eigenvalue weighted by atomic mass is 10.0. The van der Waals surface area contributed by atoms with Gasteiger partial charge in [-0.3, -0.25) is 0 Å². The van der Waals surface area contributed by atoms with Crippen LogP contribution in [0.5, 0.6) is 0 Å². The number of rotatable bonds is 5. The summed E-state index contributed by atoms with van der Waals surface area (Å²) in [6, 6.07) is 1.34. The maximum Gasteiger partial charge on any atom is 0.458 e. The molecule has 1 N–H and O–H groups in total. The van der Waals surface area contributed by atoms with Crippen molar-refractivity contribution in [2.75, 3.05) is 0 Å². The van der Waals surface area contributed by atoms with Gasteiger partial charge in [-0.15, -0.1) is 11.8 Å². The molecule has 0 saturated heterocycles. The van der Waals surface area contributed by atoms with Crippen molar-refractivity contribution in [2.45, 2.75) is 49.4 Å². The van der Waals surface area contributed by atoms with Gasteiger partial charge in [-0.2, -0.15) is 22.0 Å². The van der Waals surface area contributed by atoms with Crippen molar-refractivity contribution in [2.24, 2.45) is 0 Å². The minimum absolute atomic E-state index is 0.0841. The van der Waals surface area contributed by atoms with Gasteiger partial charge in [0, 0.05) is 15.7 Å². The number of carbonyl (C=O) groups is 1. The van der Waals surface area contributed by atoms with Crippen molar-refractivity contribution < 1.29 is 31.9 Å². The van der Waals surface area contributed by atoms with Crippen LogP contribution in [-0.2, 0) is 5.92 Å². The molecule has 0 radical (unpaired) electrons. The second-order valence-electron chi connectivity index (χ2n) is 4.83. The van der Waals surface area contributed by atoms with Crippen molar-refractivity contribution in [1.29, 1.82) is 0 Å². The van der Waals surface area contributed by atoms with Crippen LogP contribution in [0.2, 0.25) is 0 Å². The number of carboxylic acids is 1. The first-order chi connectivity index (χ1) is 9.93. The molecule has 0 amide bonds. The number of benzene rings is 1. The highest BCUT2D eigenvalue weighted by atomic mass is 32.2. The zero-order chi connectivity index (χ0) is 17.3. The number of aromatic carboxylic acids is 1. The van der Waals surface area contributed by atoms with Crippen molar-refractivity contribution in [3.05, 3.63) is 28.8 Å². The van der Waals surface area contributed by atoms with Crippen LogP contribution >= 0.6 is 11.8 Å². The number of alkyl halides is 5. The van der Waals surface area contributed by atoms with Crippen LogP contribution in [0.25, 0.3) is 0 Å². The largest absolute Gasteiger partial charge is 0.478 e. The molecular weight excluding hydrogens is 327 g/mol. The highest BCUT2D eigenvalue weighted by molar-refractivity contribution is 8.00. The van der Waals surface area contributed by atoms with Gasteiger partial charge in [-0.05, 0) is 25.0 Å². The molecule has 0 bridgehead atoms. The van der Waals surface area contributed by atoms with Gasteiger partial charge in [0.05, 0.1) is 5.56 Å². The number of hydrogen-bond acceptors (Lipinski definition) is 2. The molecule has 1 rings (SSSR count). The zero-order valence-electron chi connectivity index (χ0n) is 12.1. The van der Waals surface area contributed by atoms with E-state index in [0.717, 1.165) is 17.8 Å². The first kappa shape index (κ1) is 18.7. The summed E-state index contributed by atoms with van der Waals surface area (Å²) in [7, 11) is 0. The van der Waals surface area contributed by atoms with Crippen LogP contribution in [0.1, 0.15) is 41.8 Å². The average Bonchev–Trinajstić information content (AvgIpc) is 2.38. The summed E-state index contributed by atoms with van der Waals surface area (Å²) >= 11 is 0.828. The Morgan fingerprint density at radius 3 is 2.23 bits per heavy atom. The van der Waals surface area contributed by atoms with E-state index < -0.39 is 23.6 Å². The molecule has 0 heterocycles. The van der Waals surface area contributed by atoms with Crippen LogP contribution in [0.3, 0.4) is 0 Å². The molecule has 1 atom stereocenters. The predicted octanol–water partition coefficient (Wildman–Crippen LogP) is 5.24. The third-order valence-electron chi connectivity index (χ3n) is 3.22. The van der Waals surface area contributed by atoms with Crippen LogP contribution in [0, 0.1) is 6.92 Å². The number of thioether (sulfide) groups is 1. The number of carboxylic acid groups (broad SMARTS) is 1. The number of hydrogen-bond donors (Lipinski definition) is 1. The topological polar surface area (TPSA) is 37.3 Å². The molecule has 2 nitrogen and oxygen atoms in total. The van der Waals surface area contributed by atoms with E-state index in [4.69, 9.17) is 5.11 Å². The molecule has 1 aromatic rings. The van der Waals surface area contributed by atoms with E-state index in [1.54, 1.807) is 13.8 Å². The smallest absolute Gasteiger partial charge is 0.458 e. The summed E-state index contributed by atoms with van der Waals surface area (Å²) in [5.74, 6) is -6.41. The molecule has 0 aliphatic heterocycles. The molecular formula is C14H15F5O2S. The Morgan fingerprint density at radius 1 is 1.27 bits per heavy atom. The maximum absolute atomic E-state index is 13.7. The van der Waals surface area contributed by atoms with E-state index in [9.17, 15) is 26.7 Å². The summed E-state index contributed by atoms with van der Waals surface area (Å²) in [6.45, 7) is 4.67. The fourth-order valence-corrected chi connectivity index (χ4v) is 2.94. The second kappa shape index (κ2) is 6.44. The normalized spacial score (nSPS) is 14.0. The van der Waals surface area contributed by atoms with Gasteiger partial charge in [0.1, 0.15) is 0 Å². The number of halogens is 5. The molecule has 124 valence electrons. The fraction of sp³-hybridized carbons (Fsp3) is 0.500. The monoisotopic (exact) mass is 342 g/mol. The lowest BCUT2D eigenvalue weighted by molar-refractivity contribution is -0.290. The highest BCUT2D eigenvalue weighted by Crippen LogP contribution is 2.48. The summed E-state index contributed by atoms with van der Waals surface area (Å²) in [6.07, 6.45) is -5.20. The summed E-state index contributed by atoms with van der Waals surface area (Å²) in [5, 5.41) is 8.79. The van der Waals surface area contributed by atoms with Crippen molar-refractivity contribution in [3.8, 4) is 0 Å². The highest BCUT2D eigenvalue weighted by Gasteiger charge is 2.59. The van der Waals surface area contributed by atoms with Crippen molar-refractivity contribution >= 4 is 17.7 Å². The standard InChI is InChI=1S/C14H15F5O2S/c1-4-7(2)22-11-8(3)9(12(20)21)5-6-10(11)13(15,16)14(17,18)19/h5-7H,4H2,1-3H3,(H,20,21)/t7-/m0/s1. The first-order valence-corrected chi connectivity index (χ1v) is 7.30. The van der Waals surface area contributed by atoms with Gasteiger partial charge >= 0.3 is 18.1 Å². The summed E-state index contributed by atoms with van der Waals surface area (Å²) in [5.41, 5.74) is -1.57. The van der Waals surface area contributed by atoms with Gasteiger partial charge in [-0.25, -0.2) is 4.79 Å². The van der Waals surface area contributed by atoms with Gasteiger partial charge < -0.3 is 5.11 Å². The molecule has 22 heavy (non-hydrogen) atoms. The minimum atomic E-state index is -5.74. The lowest BCUT2D eigenvalue weighted by Crippen LogP contribution is -2.34. The van der Waals surface area contributed by atoms with Crippen molar-refractivity contribution in [1.82, 2.24) is 0 Å². The lowest BCUT2D eigenvalue weighted by Gasteiger charge is -2.25. The molecule has 0 saturated carbocycles. The SMILES string of the molecule is CC[C@H](C)Sc1c(C(F)(F)C(F)(F)F)ccc(C(=O)O)c1C. The third-order valence-corrected chi connectivity index (χ3v) is 4.72. The summed E-state index contributed by atoms with van der Waals surface area (Å²) < 4.78 is 65.3. The van der Waals surface area contributed by atoms with E-state index in [0.29, 0.717) is 12.5 Å². The van der Waals surface area contributed by atoms with Crippen LogP contribution in [-0.4, -0.2) is 22.5 Å². The van der Waals surface area contributed by atoms with E-state index in [-0.39, 0.29) is 21.3 Å². The van der Waals surface area contributed by atoms with Gasteiger partial charge in [0.2, 0.25) is 0 Å². The Morgan fingerprint density at radius 2 is 1.82 bits per heavy atom. The Labute approximate surface area is 128 Å². The molecule has 0 aliphatic rings. The maximum atomic E-state index is 13.7. The molecule has 0 spiro atoms. The molecule has 8 heteroatoms. The van der Waals surface area contributed by atoms with E-state index >= 15 is 0 Å². The molecule has 0 unspecified atom stereocenters. The third kappa shape index (κ3) is 3.53. The Kier molecular flexibility index (Phi) is 5.48. The summed E-state index contributed by atoms with van der Waals surface area (Å²) in [4.78, 5) is 10.7. The first-order valence-electron chi connectivity index (χ1n) is 6.42. The minimum Gasteiger partial charge on any atom is -0.478 e. The van der Waals surface area contributed by atoms with Gasteiger partial charge in [0.15, 0.2) is 0 Å².